The molecule has 4 rings (SSSR count). The Bertz CT molecular complexity index is 579. The van der Waals surface area contributed by atoms with Crippen LogP contribution in [0.4, 0.5) is 0 Å². The van der Waals surface area contributed by atoms with Gasteiger partial charge in [0.05, 0.1) is 25.4 Å². The van der Waals surface area contributed by atoms with E-state index in [0.717, 1.165) is 51.6 Å². The maximum atomic E-state index is 12.9. The molecule has 2 aliphatic carbocycles. The normalized spacial score (nSPS) is 46.1. The van der Waals surface area contributed by atoms with Gasteiger partial charge < -0.3 is 24.2 Å². The number of amides is 1. The van der Waals surface area contributed by atoms with E-state index >= 15 is 0 Å². The lowest BCUT2D eigenvalue weighted by Crippen LogP contribution is -2.63. The highest BCUT2D eigenvalue weighted by molar-refractivity contribution is 5.76. The maximum Gasteiger partial charge on any atom is 0.222 e. The van der Waals surface area contributed by atoms with E-state index in [1.54, 1.807) is 7.11 Å². The van der Waals surface area contributed by atoms with Crippen LogP contribution in [0, 0.1) is 22.7 Å². The van der Waals surface area contributed by atoms with E-state index in [0.29, 0.717) is 25.6 Å². The quantitative estimate of drug-likeness (QED) is 0.792. The molecule has 0 bridgehead atoms. The Kier molecular flexibility index (Phi) is 5.78. The number of hydrogen-bond acceptors (Lipinski definition) is 5. The Balaban J connectivity index is 1.53. The van der Waals surface area contributed by atoms with E-state index in [-0.39, 0.29) is 41.2 Å². The maximum absolute atomic E-state index is 12.9. The fourth-order valence-corrected chi connectivity index (χ4v) is 6.79. The summed E-state index contributed by atoms with van der Waals surface area (Å²) in [6.45, 7) is 7.48. The van der Waals surface area contributed by atoms with Gasteiger partial charge in [0.1, 0.15) is 0 Å². The number of rotatable bonds is 4. The van der Waals surface area contributed by atoms with E-state index < -0.39 is 0 Å². The predicted molar refractivity (Wildman–Crippen MR) is 105 cm³/mol. The largest absolute Gasteiger partial charge is 0.393 e. The van der Waals surface area contributed by atoms with Gasteiger partial charge in [0.25, 0.3) is 0 Å². The highest BCUT2D eigenvalue weighted by Crippen LogP contribution is 2.62. The van der Waals surface area contributed by atoms with Gasteiger partial charge in [-0.2, -0.15) is 0 Å². The molecule has 2 saturated heterocycles. The second kappa shape index (κ2) is 7.86. The Morgan fingerprint density at radius 1 is 1.18 bits per heavy atom. The number of nitrogens with zero attached hydrogens (tertiary/aromatic N) is 1. The molecule has 2 heterocycles. The van der Waals surface area contributed by atoms with Crippen molar-refractivity contribution in [1.29, 1.82) is 0 Å². The Morgan fingerprint density at radius 2 is 1.93 bits per heavy atom. The highest BCUT2D eigenvalue weighted by Gasteiger charge is 2.61. The highest BCUT2D eigenvalue weighted by atomic mass is 16.7. The second-order valence-electron chi connectivity index (χ2n) is 9.97. The van der Waals surface area contributed by atoms with Gasteiger partial charge in [-0.15, -0.1) is 0 Å². The molecule has 0 unspecified atom stereocenters. The van der Waals surface area contributed by atoms with Crippen molar-refractivity contribution in [2.45, 2.75) is 77.3 Å². The Labute approximate surface area is 168 Å². The fourth-order valence-electron chi connectivity index (χ4n) is 6.79. The molecule has 4 aliphatic rings. The summed E-state index contributed by atoms with van der Waals surface area (Å²) in [5.41, 5.74) is -0.133. The average Bonchev–Trinajstić information content (AvgIpc) is 3.20. The number of carbonyl (C=O) groups is 1. The zero-order valence-electron chi connectivity index (χ0n) is 17.7. The van der Waals surface area contributed by atoms with Crippen LogP contribution in [0.25, 0.3) is 0 Å². The molecule has 0 radical (unpaired) electrons. The van der Waals surface area contributed by atoms with Gasteiger partial charge in [-0.1, -0.05) is 13.8 Å². The molecular formula is C22H37NO5. The SMILES string of the molecule is COC[C@@H]1OC[C@@]2(C)[C@H]3CC[C@@H](O)[C@@H](CC(=O)N4CCCC4)[C@]3(C)CC[C@H]2O1. The predicted octanol–water partition coefficient (Wildman–Crippen LogP) is 2.58. The van der Waals surface area contributed by atoms with Gasteiger partial charge >= 0.3 is 0 Å². The molecule has 28 heavy (non-hydrogen) atoms. The van der Waals surface area contributed by atoms with Crippen LogP contribution in [-0.2, 0) is 19.0 Å². The molecule has 0 aromatic rings. The molecule has 6 heteroatoms. The molecule has 1 N–H and O–H groups in total. The molecular weight excluding hydrogens is 358 g/mol. The first-order valence-electron chi connectivity index (χ1n) is 11.1. The first-order chi connectivity index (χ1) is 13.4. The van der Waals surface area contributed by atoms with Crippen molar-refractivity contribution in [3.63, 3.8) is 0 Å². The molecule has 0 aromatic carbocycles. The Morgan fingerprint density at radius 3 is 2.64 bits per heavy atom. The molecule has 7 atom stereocenters. The van der Waals surface area contributed by atoms with Crippen LogP contribution in [-0.4, -0.2) is 67.8 Å². The van der Waals surface area contributed by atoms with Crippen LogP contribution in [0.1, 0.15) is 58.8 Å². The topological polar surface area (TPSA) is 68.2 Å². The third kappa shape index (κ3) is 3.40. The van der Waals surface area contributed by atoms with Crippen molar-refractivity contribution in [3.05, 3.63) is 0 Å². The zero-order chi connectivity index (χ0) is 19.9. The third-order valence-electron chi connectivity index (χ3n) is 8.39. The van der Waals surface area contributed by atoms with Crippen LogP contribution in [0.5, 0.6) is 0 Å². The number of fused-ring (bicyclic) bond motifs is 3. The van der Waals surface area contributed by atoms with Crippen LogP contribution in [0.3, 0.4) is 0 Å². The van der Waals surface area contributed by atoms with Gasteiger partial charge in [0, 0.05) is 32.0 Å². The van der Waals surface area contributed by atoms with Gasteiger partial charge in [-0.25, -0.2) is 0 Å². The van der Waals surface area contributed by atoms with Gasteiger partial charge in [-0.05, 0) is 55.8 Å². The van der Waals surface area contributed by atoms with Crippen molar-refractivity contribution < 1.29 is 24.1 Å². The summed E-state index contributed by atoms with van der Waals surface area (Å²) in [5, 5.41) is 10.9. The van der Waals surface area contributed by atoms with Crippen LogP contribution in [0.15, 0.2) is 0 Å². The lowest BCUT2D eigenvalue weighted by Gasteiger charge is -2.63. The smallest absolute Gasteiger partial charge is 0.222 e. The minimum atomic E-state index is -0.389. The molecule has 0 aromatic heterocycles. The van der Waals surface area contributed by atoms with Crippen molar-refractivity contribution in [1.82, 2.24) is 4.90 Å². The Hall–Kier alpha value is -0.690. The third-order valence-corrected chi connectivity index (χ3v) is 8.39. The number of hydrogen-bond donors (Lipinski definition) is 1. The molecule has 0 spiro atoms. The fraction of sp³-hybridized carbons (Fsp3) is 0.955. The standard InChI is InChI=1S/C22H37NO5/c1-21-9-8-18-22(2,14-27-20(28-18)13-26-3)17(21)7-6-16(24)15(21)12-19(25)23-10-4-5-11-23/h15-18,20,24H,4-14H2,1-3H3/t15-,16-,17+,18-,20-,21+,22+/m1/s1. The van der Waals surface area contributed by atoms with E-state index in [2.05, 4.69) is 13.8 Å². The van der Waals surface area contributed by atoms with Gasteiger partial charge in [0.15, 0.2) is 6.29 Å². The van der Waals surface area contributed by atoms with Crippen LogP contribution < -0.4 is 0 Å². The summed E-state index contributed by atoms with van der Waals surface area (Å²) >= 11 is 0. The number of methoxy groups -OCH3 is 1. The van der Waals surface area contributed by atoms with Crippen molar-refractivity contribution in [2.24, 2.45) is 22.7 Å². The minimum Gasteiger partial charge on any atom is -0.393 e. The second-order valence-corrected chi connectivity index (χ2v) is 9.97. The number of ether oxygens (including phenoxy) is 3. The average molecular weight is 396 g/mol. The van der Waals surface area contributed by atoms with Gasteiger partial charge in [-0.3, -0.25) is 4.79 Å². The summed E-state index contributed by atoms with van der Waals surface area (Å²) in [7, 11) is 1.67. The summed E-state index contributed by atoms with van der Waals surface area (Å²) in [6, 6.07) is 0. The number of likely N-dealkylation sites (tertiary alicyclic amines) is 1. The summed E-state index contributed by atoms with van der Waals surface area (Å²) in [6.07, 6.45) is 5.86. The molecule has 160 valence electrons. The van der Waals surface area contributed by atoms with E-state index in [4.69, 9.17) is 14.2 Å². The molecule has 1 amide bonds. The minimum absolute atomic E-state index is 0.0221. The molecule has 2 aliphatic heterocycles. The van der Waals surface area contributed by atoms with E-state index in [1.807, 2.05) is 4.90 Å². The number of aliphatic hydroxyl groups is 1. The molecule has 2 saturated carbocycles. The van der Waals surface area contributed by atoms with E-state index in [1.165, 1.54) is 0 Å². The lowest BCUT2D eigenvalue weighted by molar-refractivity contribution is -0.316. The van der Waals surface area contributed by atoms with Crippen molar-refractivity contribution in [3.8, 4) is 0 Å². The first-order valence-corrected chi connectivity index (χ1v) is 11.1. The number of carbonyl (C=O) groups excluding carboxylic acids is 1. The monoisotopic (exact) mass is 395 g/mol. The molecule has 6 nitrogen and oxygen atoms in total. The zero-order valence-corrected chi connectivity index (χ0v) is 17.7. The summed E-state index contributed by atoms with van der Waals surface area (Å²) in [4.78, 5) is 14.9. The van der Waals surface area contributed by atoms with Crippen LogP contribution in [0.2, 0.25) is 0 Å². The molecule has 4 fully saturated rings. The van der Waals surface area contributed by atoms with Crippen LogP contribution >= 0.6 is 0 Å². The lowest BCUT2D eigenvalue weighted by atomic mass is 9.46. The van der Waals surface area contributed by atoms with Gasteiger partial charge in [0.2, 0.25) is 5.91 Å². The van der Waals surface area contributed by atoms with Crippen molar-refractivity contribution >= 4 is 5.91 Å². The summed E-state index contributed by atoms with van der Waals surface area (Å²) < 4.78 is 17.5. The van der Waals surface area contributed by atoms with E-state index in [9.17, 15) is 9.90 Å². The first kappa shape index (κ1) is 20.6. The summed E-state index contributed by atoms with van der Waals surface area (Å²) in [5.74, 6) is 0.642. The van der Waals surface area contributed by atoms with Crippen molar-refractivity contribution in [2.75, 3.05) is 33.4 Å². The number of aliphatic hydroxyl groups excluding tert-OH is 1.